The van der Waals surface area contributed by atoms with Crippen molar-refractivity contribution < 1.29 is 23.1 Å². The predicted octanol–water partition coefficient (Wildman–Crippen LogP) is 4.45. The fourth-order valence-corrected chi connectivity index (χ4v) is 1.96. The van der Waals surface area contributed by atoms with Crippen LogP contribution in [-0.2, 0) is 11.0 Å². The van der Waals surface area contributed by atoms with Gasteiger partial charge in [0.15, 0.2) is 0 Å². The first-order chi connectivity index (χ1) is 10.8. The van der Waals surface area contributed by atoms with E-state index in [1.54, 1.807) is 31.2 Å². The van der Waals surface area contributed by atoms with E-state index in [2.05, 4.69) is 5.16 Å². The van der Waals surface area contributed by atoms with Crippen molar-refractivity contribution in [2.24, 2.45) is 5.16 Å². The molecular weight excluding hydrogens is 307 g/mol. The van der Waals surface area contributed by atoms with Gasteiger partial charge in [-0.2, -0.15) is 13.2 Å². The summed E-state index contributed by atoms with van der Waals surface area (Å²) in [6.45, 7) is 3.18. The van der Waals surface area contributed by atoms with E-state index in [1.165, 1.54) is 19.1 Å². The van der Waals surface area contributed by atoms with Crippen LogP contribution in [0.25, 0.3) is 11.1 Å². The molecule has 1 atom stereocenters. The summed E-state index contributed by atoms with van der Waals surface area (Å²) in [6, 6.07) is 12.2. The third-order valence-electron chi connectivity index (χ3n) is 3.19. The maximum absolute atomic E-state index is 12.6. The number of nitrogens with zero attached hydrogens (tertiary/aromatic N) is 1. The van der Waals surface area contributed by atoms with Crippen molar-refractivity contribution >= 4 is 5.71 Å². The summed E-state index contributed by atoms with van der Waals surface area (Å²) in [5, 5.41) is 12.8. The van der Waals surface area contributed by atoms with E-state index in [0.29, 0.717) is 11.3 Å². The molecule has 0 aliphatic carbocycles. The predicted molar refractivity (Wildman–Crippen MR) is 81.9 cm³/mol. The first-order valence-electron chi connectivity index (χ1n) is 6.94. The lowest BCUT2D eigenvalue weighted by molar-refractivity contribution is -0.137. The Morgan fingerprint density at radius 1 is 1.00 bits per heavy atom. The summed E-state index contributed by atoms with van der Waals surface area (Å²) in [5.41, 5.74) is 2.20. The first kappa shape index (κ1) is 17.0. The molecule has 0 saturated heterocycles. The van der Waals surface area contributed by atoms with Gasteiger partial charge in [-0.1, -0.05) is 41.6 Å². The van der Waals surface area contributed by atoms with Crippen LogP contribution in [0.2, 0.25) is 0 Å². The summed E-state index contributed by atoms with van der Waals surface area (Å²) in [6.07, 6.45) is -5.32. The Bertz CT molecular complexity index is 674. The fraction of sp³-hybridized carbons (Fsp3) is 0.235. The zero-order valence-corrected chi connectivity index (χ0v) is 12.6. The average molecular weight is 323 g/mol. The molecule has 1 unspecified atom stereocenters. The quantitative estimate of drug-likeness (QED) is 0.513. The highest BCUT2D eigenvalue weighted by Crippen LogP contribution is 2.31. The smallest absolute Gasteiger partial charge is 0.364 e. The maximum atomic E-state index is 12.6. The van der Waals surface area contributed by atoms with E-state index in [4.69, 9.17) is 9.94 Å². The molecule has 1 N–H and O–H groups in total. The van der Waals surface area contributed by atoms with Crippen molar-refractivity contribution in [1.82, 2.24) is 0 Å². The molecule has 0 amide bonds. The lowest BCUT2D eigenvalue weighted by Crippen LogP contribution is -2.04. The van der Waals surface area contributed by atoms with Crippen LogP contribution in [0.15, 0.2) is 53.7 Å². The Morgan fingerprint density at radius 3 is 1.91 bits per heavy atom. The van der Waals surface area contributed by atoms with Crippen molar-refractivity contribution in [1.29, 1.82) is 0 Å². The van der Waals surface area contributed by atoms with Crippen LogP contribution in [0, 0.1) is 0 Å². The average Bonchev–Trinajstić information content (AvgIpc) is 2.52. The monoisotopic (exact) mass is 323 g/mol. The molecule has 2 aromatic rings. The van der Waals surface area contributed by atoms with Crippen LogP contribution in [0.5, 0.6) is 0 Å². The molecule has 6 heteroatoms. The number of hydrogen-bond acceptors (Lipinski definition) is 3. The summed E-state index contributed by atoms with van der Waals surface area (Å²) in [4.78, 5) is 4.75. The molecule has 0 fully saturated rings. The van der Waals surface area contributed by atoms with Gasteiger partial charge in [-0.15, -0.1) is 0 Å². The molecule has 0 aliphatic heterocycles. The van der Waals surface area contributed by atoms with Gasteiger partial charge in [-0.25, -0.2) is 0 Å². The Labute approximate surface area is 132 Å². The number of benzene rings is 2. The Hall–Kier alpha value is -2.34. The molecule has 0 heterocycles. The second-order valence-electron chi connectivity index (χ2n) is 5.03. The largest absolute Gasteiger partial charge is 0.416 e. The minimum absolute atomic E-state index is 0.588. The van der Waals surface area contributed by atoms with Gasteiger partial charge in [-0.05, 0) is 35.7 Å². The minimum atomic E-state index is -4.33. The van der Waals surface area contributed by atoms with Crippen molar-refractivity contribution in [2.75, 3.05) is 0 Å². The van der Waals surface area contributed by atoms with E-state index >= 15 is 0 Å². The van der Waals surface area contributed by atoms with Crippen LogP contribution in [0.1, 0.15) is 25.0 Å². The number of halogens is 3. The molecule has 0 spiro atoms. The van der Waals surface area contributed by atoms with Crippen LogP contribution < -0.4 is 0 Å². The fourth-order valence-electron chi connectivity index (χ4n) is 1.96. The van der Waals surface area contributed by atoms with Crippen LogP contribution in [-0.4, -0.2) is 17.1 Å². The lowest BCUT2D eigenvalue weighted by atomic mass is 10.0. The summed E-state index contributed by atoms with van der Waals surface area (Å²) < 4.78 is 37.7. The molecule has 3 nitrogen and oxygen atoms in total. The number of oxime groups is 1. The Kier molecular flexibility index (Phi) is 5.05. The third kappa shape index (κ3) is 4.56. The number of aliphatic hydroxyl groups excluding tert-OH is 1. The molecule has 0 saturated carbocycles. The standard InChI is InChI=1S/C17H16F3NO2/c1-11(21-23-12(2)22)13-3-5-14(6-4-13)15-7-9-16(10-8-15)17(18,19)20/h3-10,12,22H,1-2H3. The van der Waals surface area contributed by atoms with E-state index in [9.17, 15) is 13.2 Å². The molecule has 2 aromatic carbocycles. The summed E-state index contributed by atoms with van der Waals surface area (Å²) in [7, 11) is 0. The Morgan fingerprint density at radius 2 is 1.48 bits per heavy atom. The van der Waals surface area contributed by atoms with Crippen molar-refractivity contribution in [3.8, 4) is 11.1 Å². The van der Waals surface area contributed by atoms with Gasteiger partial charge in [0.25, 0.3) is 0 Å². The van der Waals surface area contributed by atoms with E-state index in [-0.39, 0.29) is 0 Å². The van der Waals surface area contributed by atoms with Crippen molar-refractivity contribution in [3.05, 3.63) is 59.7 Å². The van der Waals surface area contributed by atoms with Crippen LogP contribution in [0.3, 0.4) is 0 Å². The number of alkyl halides is 3. The van der Waals surface area contributed by atoms with Gasteiger partial charge >= 0.3 is 6.18 Å². The van der Waals surface area contributed by atoms with Gasteiger partial charge in [-0.3, -0.25) is 0 Å². The van der Waals surface area contributed by atoms with Gasteiger partial charge in [0.05, 0.1) is 11.3 Å². The van der Waals surface area contributed by atoms with Crippen LogP contribution in [0.4, 0.5) is 13.2 Å². The van der Waals surface area contributed by atoms with Crippen molar-refractivity contribution in [3.63, 3.8) is 0 Å². The molecule has 0 bridgehead atoms. The van der Waals surface area contributed by atoms with E-state index in [0.717, 1.165) is 23.3 Å². The zero-order chi connectivity index (χ0) is 17.0. The highest BCUT2D eigenvalue weighted by molar-refractivity contribution is 5.98. The molecule has 2 rings (SSSR count). The van der Waals surface area contributed by atoms with Gasteiger partial charge in [0.2, 0.25) is 6.29 Å². The zero-order valence-electron chi connectivity index (χ0n) is 12.6. The SMILES string of the molecule is CC(=NOC(C)O)c1ccc(-c2ccc(C(F)(F)F)cc2)cc1. The van der Waals surface area contributed by atoms with Gasteiger partial charge in [0, 0.05) is 6.92 Å². The topological polar surface area (TPSA) is 41.8 Å². The number of rotatable bonds is 4. The summed E-state index contributed by atoms with van der Waals surface area (Å²) in [5.74, 6) is 0. The van der Waals surface area contributed by atoms with Gasteiger partial charge in [0.1, 0.15) is 0 Å². The number of aliphatic hydroxyl groups is 1. The molecule has 122 valence electrons. The second kappa shape index (κ2) is 6.83. The molecule has 0 aromatic heterocycles. The van der Waals surface area contributed by atoms with E-state index < -0.39 is 18.0 Å². The highest BCUT2D eigenvalue weighted by Gasteiger charge is 2.29. The molecule has 0 aliphatic rings. The second-order valence-corrected chi connectivity index (χ2v) is 5.03. The lowest BCUT2D eigenvalue weighted by Gasteiger charge is -2.08. The van der Waals surface area contributed by atoms with Crippen LogP contribution >= 0.6 is 0 Å². The Balaban J connectivity index is 2.18. The highest BCUT2D eigenvalue weighted by atomic mass is 19.4. The molecule has 0 radical (unpaired) electrons. The summed E-state index contributed by atoms with van der Waals surface area (Å²) >= 11 is 0. The first-order valence-corrected chi connectivity index (χ1v) is 6.94. The van der Waals surface area contributed by atoms with Crippen molar-refractivity contribution in [2.45, 2.75) is 26.3 Å². The minimum Gasteiger partial charge on any atom is -0.364 e. The maximum Gasteiger partial charge on any atom is 0.416 e. The number of hydrogen-bond donors (Lipinski definition) is 1. The van der Waals surface area contributed by atoms with Gasteiger partial charge < -0.3 is 9.94 Å². The molecular formula is C17H16F3NO2. The molecule has 23 heavy (non-hydrogen) atoms. The third-order valence-corrected chi connectivity index (χ3v) is 3.19. The van der Waals surface area contributed by atoms with E-state index in [1.807, 2.05) is 0 Å². The normalized spacial score (nSPS) is 13.7.